The summed E-state index contributed by atoms with van der Waals surface area (Å²) in [6, 6.07) is 1.77. The van der Waals surface area contributed by atoms with E-state index in [4.69, 9.17) is 0 Å². The van der Waals surface area contributed by atoms with E-state index in [0.29, 0.717) is 18.2 Å². The fourth-order valence-corrected chi connectivity index (χ4v) is 1.83. The highest BCUT2D eigenvalue weighted by molar-refractivity contribution is 5.95. The van der Waals surface area contributed by atoms with Crippen molar-refractivity contribution in [2.24, 2.45) is 7.05 Å². The fourth-order valence-electron chi connectivity index (χ4n) is 1.83. The predicted molar refractivity (Wildman–Crippen MR) is 60.0 cm³/mol. The summed E-state index contributed by atoms with van der Waals surface area (Å²) < 4.78 is 1.52. The summed E-state index contributed by atoms with van der Waals surface area (Å²) in [5.74, 6) is -0.253. The van der Waals surface area contributed by atoms with Gasteiger partial charge in [-0.3, -0.25) is 9.59 Å². The Hall–Kier alpha value is -2.04. The second-order valence-electron chi connectivity index (χ2n) is 3.65. The second-order valence-corrected chi connectivity index (χ2v) is 3.65. The number of nitrogens with zero attached hydrogens (tertiary/aromatic N) is 1. The van der Waals surface area contributed by atoms with Crippen LogP contribution in [0.2, 0.25) is 0 Å². The lowest BCUT2D eigenvalue weighted by molar-refractivity contribution is 0.111. The topological polar surface area (TPSA) is 75.1 Å². The van der Waals surface area contributed by atoms with E-state index in [1.54, 1.807) is 13.1 Å². The van der Waals surface area contributed by atoms with Crippen LogP contribution in [-0.2, 0) is 13.5 Å². The van der Waals surface area contributed by atoms with E-state index in [9.17, 15) is 14.7 Å². The van der Waals surface area contributed by atoms with Gasteiger partial charge in [0.2, 0.25) is 0 Å². The van der Waals surface area contributed by atoms with Crippen LogP contribution in [-0.4, -0.2) is 20.9 Å². The standard InChI is InChI=1S/C11H12N2O3/c1-3-6-4-7-9(11(16)12-6)10(15)8(5-14)13(7)2/h4-5,15H,3H2,1-2H3,(H,12,16). The number of rotatable bonds is 2. The molecule has 0 unspecified atom stereocenters. The van der Waals surface area contributed by atoms with Crippen LogP contribution in [0.25, 0.3) is 10.9 Å². The molecule has 0 radical (unpaired) electrons. The third kappa shape index (κ3) is 1.25. The third-order valence-corrected chi connectivity index (χ3v) is 2.76. The molecule has 2 N–H and O–H groups in total. The van der Waals surface area contributed by atoms with E-state index >= 15 is 0 Å². The average molecular weight is 220 g/mol. The van der Waals surface area contributed by atoms with Crippen LogP contribution in [0.5, 0.6) is 5.75 Å². The molecule has 0 spiro atoms. The molecule has 0 aliphatic heterocycles. The van der Waals surface area contributed by atoms with Gasteiger partial charge in [0.05, 0.1) is 5.52 Å². The third-order valence-electron chi connectivity index (χ3n) is 2.76. The van der Waals surface area contributed by atoms with E-state index in [-0.39, 0.29) is 22.4 Å². The van der Waals surface area contributed by atoms with E-state index < -0.39 is 0 Å². The molecule has 2 aromatic rings. The first-order chi connectivity index (χ1) is 7.60. The van der Waals surface area contributed by atoms with Gasteiger partial charge in [-0.2, -0.15) is 0 Å². The normalized spacial score (nSPS) is 10.9. The molecule has 0 saturated heterocycles. The minimum atomic E-state index is -0.365. The molecule has 0 aliphatic rings. The zero-order chi connectivity index (χ0) is 11.9. The highest BCUT2D eigenvalue weighted by Crippen LogP contribution is 2.27. The molecule has 5 nitrogen and oxygen atoms in total. The Balaban J connectivity index is 2.99. The van der Waals surface area contributed by atoms with Crippen molar-refractivity contribution < 1.29 is 9.90 Å². The van der Waals surface area contributed by atoms with E-state index in [2.05, 4.69) is 4.98 Å². The number of aryl methyl sites for hydroxylation is 2. The number of aromatic amines is 1. The number of hydrogen-bond donors (Lipinski definition) is 2. The van der Waals surface area contributed by atoms with E-state index in [1.807, 2.05) is 6.92 Å². The first kappa shape index (κ1) is 10.5. The Morgan fingerprint density at radius 3 is 2.81 bits per heavy atom. The van der Waals surface area contributed by atoms with Gasteiger partial charge in [-0.1, -0.05) is 6.92 Å². The molecule has 2 heterocycles. The van der Waals surface area contributed by atoms with Crippen molar-refractivity contribution in [2.75, 3.05) is 0 Å². The average Bonchev–Trinajstić information content (AvgIpc) is 2.51. The predicted octanol–water partition coefficient (Wildman–Crippen LogP) is 0.947. The van der Waals surface area contributed by atoms with Gasteiger partial charge in [0, 0.05) is 12.7 Å². The van der Waals surface area contributed by atoms with Crippen molar-refractivity contribution in [3.8, 4) is 5.75 Å². The quantitative estimate of drug-likeness (QED) is 0.740. The summed E-state index contributed by atoms with van der Waals surface area (Å²) >= 11 is 0. The molecule has 5 heteroatoms. The number of pyridine rings is 1. The Kier molecular flexibility index (Phi) is 2.30. The maximum Gasteiger partial charge on any atom is 0.261 e. The minimum absolute atomic E-state index is 0.119. The summed E-state index contributed by atoms with van der Waals surface area (Å²) in [4.78, 5) is 25.2. The molecule has 0 atom stereocenters. The van der Waals surface area contributed by atoms with Gasteiger partial charge in [0.15, 0.2) is 12.0 Å². The molecule has 0 saturated carbocycles. The summed E-state index contributed by atoms with van der Waals surface area (Å²) in [7, 11) is 1.64. The molecule has 0 bridgehead atoms. The number of nitrogens with one attached hydrogen (secondary N) is 1. The number of H-pyrrole nitrogens is 1. The number of aromatic nitrogens is 2. The van der Waals surface area contributed by atoms with Gasteiger partial charge < -0.3 is 14.7 Å². The van der Waals surface area contributed by atoms with Crippen LogP contribution < -0.4 is 5.56 Å². The Morgan fingerprint density at radius 1 is 1.56 bits per heavy atom. The number of carbonyl (C=O) groups excluding carboxylic acids is 1. The first-order valence-electron chi connectivity index (χ1n) is 4.98. The molecule has 16 heavy (non-hydrogen) atoms. The van der Waals surface area contributed by atoms with Crippen molar-refractivity contribution in [1.29, 1.82) is 0 Å². The monoisotopic (exact) mass is 220 g/mol. The van der Waals surface area contributed by atoms with Gasteiger partial charge >= 0.3 is 0 Å². The molecule has 0 aromatic carbocycles. The lowest BCUT2D eigenvalue weighted by Crippen LogP contribution is -2.08. The van der Waals surface area contributed by atoms with Gasteiger partial charge in [-0.05, 0) is 12.5 Å². The van der Waals surface area contributed by atoms with Crippen molar-refractivity contribution in [2.45, 2.75) is 13.3 Å². The van der Waals surface area contributed by atoms with Gasteiger partial charge in [-0.15, -0.1) is 0 Å². The molecular formula is C11H12N2O3. The highest BCUT2D eigenvalue weighted by Gasteiger charge is 2.17. The van der Waals surface area contributed by atoms with Crippen LogP contribution in [0.1, 0.15) is 23.1 Å². The number of aldehydes is 1. The Morgan fingerprint density at radius 2 is 2.25 bits per heavy atom. The zero-order valence-corrected chi connectivity index (χ0v) is 9.07. The van der Waals surface area contributed by atoms with Crippen molar-refractivity contribution in [3.05, 3.63) is 27.8 Å². The molecule has 84 valence electrons. The molecule has 2 rings (SSSR count). The van der Waals surface area contributed by atoms with Crippen molar-refractivity contribution in [1.82, 2.24) is 9.55 Å². The highest BCUT2D eigenvalue weighted by atomic mass is 16.3. The summed E-state index contributed by atoms with van der Waals surface area (Å²) in [5, 5.41) is 9.91. The molecule has 0 amide bonds. The van der Waals surface area contributed by atoms with E-state index in [1.165, 1.54) is 4.57 Å². The second kappa shape index (κ2) is 3.52. The van der Waals surface area contributed by atoms with Crippen LogP contribution in [0, 0.1) is 0 Å². The number of hydrogen-bond acceptors (Lipinski definition) is 3. The summed E-state index contributed by atoms with van der Waals surface area (Å²) in [6.45, 7) is 1.92. The lowest BCUT2D eigenvalue weighted by Gasteiger charge is -1.99. The van der Waals surface area contributed by atoms with Gasteiger partial charge in [0.1, 0.15) is 11.1 Å². The smallest absolute Gasteiger partial charge is 0.261 e. The SMILES string of the molecule is CCc1cc2c(c(O)c(C=O)n2C)c(=O)[nH]1. The van der Waals surface area contributed by atoms with Crippen LogP contribution in [0.15, 0.2) is 10.9 Å². The number of aromatic hydroxyl groups is 1. The lowest BCUT2D eigenvalue weighted by atomic mass is 10.2. The van der Waals surface area contributed by atoms with Crippen LogP contribution in [0.4, 0.5) is 0 Å². The molecule has 0 aliphatic carbocycles. The molecular weight excluding hydrogens is 208 g/mol. The maximum atomic E-state index is 11.7. The first-order valence-corrected chi connectivity index (χ1v) is 4.98. The number of carbonyl (C=O) groups is 1. The minimum Gasteiger partial charge on any atom is -0.505 e. The largest absolute Gasteiger partial charge is 0.505 e. The Bertz CT molecular complexity index is 622. The van der Waals surface area contributed by atoms with Crippen LogP contribution >= 0.6 is 0 Å². The van der Waals surface area contributed by atoms with Crippen LogP contribution in [0.3, 0.4) is 0 Å². The van der Waals surface area contributed by atoms with E-state index in [0.717, 1.165) is 5.69 Å². The maximum absolute atomic E-state index is 11.7. The Labute approximate surface area is 91.3 Å². The summed E-state index contributed by atoms with van der Waals surface area (Å²) in [5.41, 5.74) is 1.10. The van der Waals surface area contributed by atoms with Gasteiger partial charge in [-0.25, -0.2) is 0 Å². The molecule has 0 fully saturated rings. The zero-order valence-electron chi connectivity index (χ0n) is 9.07. The fraction of sp³-hybridized carbons (Fsp3) is 0.273. The van der Waals surface area contributed by atoms with Crippen molar-refractivity contribution in [3.63, 3.8) is 0 Å². The summed E-state index contributed by atoms with van der Waals surface area (Å²) in [6.07, 6.45) is 1.23. The van der Waals surface area contributed by atoms with Crippen molar-refractivity contribution >= 4 is 17.2 Å². The number of fused-ring (bicyclic) bond motifs is 1. The molecule has 2 aromatic heterocycles. The van der Waals surface area contributed by atoms with Gasteiger partial charge in [0.25, 0.3) is 5.56 Å².